The Morgan fingerprint density at radius 2 is 1.67 bits per heavy atom. The van der Waals surface area contributed by atoms with Gasteiger partial charge in [-0.25, -0.2) is 4.79 Å². The Morgan fingerprint density at radius 1 is 1.06 bits per heavy atom. The van der Waals surface area contributed by atoms with Crippen LogP contribution in [0.15, 0.2) is 48.5 Å². The highest BCUT2D eigenvalue weighted by Gasteiger charge is 2.35. The number of hydrogen-bond donors (Lipinski definition) is 2. The van der Waals surface area contributed by atoms with Crippen molar-refractivity contribution in [3.05, 3.63) is 59.7 Å². The standard InChI is InChI=1S/C26H30N2O5/c1-16(25(31)28-13-7-8-18(28)14-24(29)30)17(2)27-26(32)33-15-23-21-11-5-3-9-19(21)20-10-4-6-12-22(20)23/h3-6,9-12,16-18,23H,7-8,13-15H2,1-2H3,(H,27,32)(H,29,30)/t16?,17?,18-/m0/s1. The van der Waals surface area contributed by atoms with E-state index in [-0.39, 0.29) is 30.9 Å². The third-order valence-electron chi connectivity index (χ3n) is 6.90. The molecule has 1 saturated heterocycles. The Bertz CT molecular complexity index is 1010. The fourth-order valence-corrected chi connectivity index (χ4v) is 4.97. The lowest BCUT2D eigenvalue weighted by atomic mass is 9.98. The van der Waals surface area contributed by atoms with Gasteiger partial charge in [-0.3, -0.25) is 9.59 Å². The van der Waals surface area contributed by atoms with Crippen LogP contribution >= 0.6 is 0 Å². The summed E-state index contributed by atoms with van der Waals surface area (Å²) in [5.74, 6) is -1.55. The highest BCUT2D eigenvalue weighted by atomic mass is 16.5. The van der Waals surface area contributed by atoms with Gasteiger partial charge in [0.25, 0.3) is 0 Å². The van der Waals surface area contributed by atoms with Gasteiger partial charge in [0.1, 0.15) is 6.61 Å². The Hall–Kier alpha value is -3.35. The first-order valence-corrected chi connectivity index (χ1v) is 11.5. The van der Waals surface area contributed by atoms with Crippen molar-refractivity contribution in [3.8, 4) is 11.1 Å². The number of carboxylic acids is 1. The van der Waals surface area contributed by atoms with Gasteiger partial charge < -0.3 is 20.1 Å². The Kier molecular flexibility index (Phi) is 6.67. The molecule has 1 fully saturated rings. The van der Waals surface area contributed by atoms with Crippen molar-refractivity contribution in [2.24, 2.45) is 5.92 Å². The minimum absolute atomic E-state index is 0.0288. The van der Waals surface area contributed by atoms with Crippen LogP contribution in [0.25, 0.3) is 11.1 Å². The van der Waals surface area contributed by atoms with E-state index >= 15 is 0 Å². The molecule has 2 aliphatic rings. The van der Waals surface area contributed by atoms with E-state index in [1.807, 2.05) is 24.3 Å². The lowest BCUT2D eigenvalue weighted by Gasteiger charge is -2.29. The van der Waals surface area contributed by atoms with E-state index < -0.39 is 24.0 Å². The number of hydrogen-bond acceptors (Lipinski definition) is 4. The molecule has 0 bridgehead atoms. The van der Waals surface area contributed by atoms with Gasteiger partial charge in [0.2, 0.25) is 5.91 Å². The quantitative estimate of drug-likeness (QED) is 0.664. The van der Waals surface area contributed by atoms with Crippen molar-refractivity contribution in [2.45, 2.75) is 51.1 Å². The van der Waals surface area contributed by atoms with Crippen LogP contribution in [0.3, 0.4) is 0 Å². The molecule has 2 unspecified atom stereocenters. The molecule has 2 aromatic carbocycles. The van der Waals surface area contributed by atoms with Crippen LogP contribution in [0.5, 0.6) is 0 Å². The number of ether oxygens (including phenoxy) is 1. The van der Waals surface area contributed by atoms with Gasteiger partial charge in [0, 0.05) is 24.5 Å². The molecule has 0 saturated carbocycles. The largest absolute Gasteiger partial charge is 0.481 e. The minimum Gasteiger partial charge on any atom is -0.481 e. The topological polar surface area (TPSA) is 95.9 Å². The van der Waals surface area contributed by atoms with Gasteiger partial charge in [-0.05, 0) is 42.0 Å². The third-order valence-corrected chi connectivity index (χ3v) is 6.90. The van der Waals surface area contributed by atoms with Crippen molar-refractivity contribution in [1.29, 1.82) is 0 Å². The number of benzene rings is 2. The fourth-order valence-electron chi connectivity index (χ4n) is 4.97. The molecule has 1 aliphatic carbocycles. The van der Waals surface area contributed by atoms with Crippen LogP contribution in [0.2, 0.25) is 0 Å². The number of rotatable bonds is 7. The van der Waals surface area contributed by atoms with Gasteiger partial charge in [-0.2, -0.15) is 0 Å². The Balaban J connectivity index is 1.34. The normalized spacial score (nSPS) is 18.8. The number of nitrogens with one attached hydrogen (secondary N) is 1. The maximum Gasteiger partial charge on any atom is 0.407 e. The number of fused-ring (bicyclic) bond motifs is 3. The zero-order chi connectivity index (χ0) is 23.5. The van der Waals surface area contributed by atoms with E-state index in [2.05, 4.69) is 29.6 Å². The maximum absolute atomic E-state index is 12.9. The zero-order valence-electron chi connectivity index (χ0n) is 19.0. The maximum atomic E-state index is 12.9. The first kappa shape index (κ1) is 22.8. The molecule has 4 rings (SSSR count). The summed E-state index contributed by atoms with van der Waals surface area (Å²) in [5.41, 5.74) is 4.61. The summed E-state index contributed by atoms with van der Waals surface area (Å²) in [4.78, 5) is 38.2. The lowest BCUT2D eigenvalue weighted by molar-refractivity contribution is -0.141. The summed E-state index contributed by atoms with van der Waals surface area (Å²) < 4.78 is 5.59. The van der Waals surface area contributed by atoms with Gasteiger partial charge in [-0.1, -0.05) is 55.5 Å². The molecule has 2 N–H and O–H groups in total. The molecule has 0 aromatic heterocycles. The summed E-state index contributed by atoms with van der Waals surface area (Å²) in [6.45, 7) is 4.29. The van der Waals surface area contributed by atoms with E-state index in [0.717, 1.165) is 28.7 Å². The van der Waals surface area contributed by atoms with Crippen LogP contribution < -0.4 is 5.32 Å². The SMILES string of the molecule is CC(NC(=O)OCC1c2ccccc2-c2ccccc21)C(C)C(=O)N1CCC[C@H]1CC(=O)O. The van der Waals surface area contributed by atoms with Crippen LogP contribution in [-0.2, 0) is 14.3 Å². The van der Waals surface area contributed by atoms with E-state index in [9.17, 15) is 14.4 Å². The first-order valence-electron chi connectivity index (χ1n) is 11.5. The van der Waals surface area contributed by atoms with E-state index in [1.165, 1.54) is 0 Å². The molecule has 7 nitrogen and oxygen atoms in total. The second-order valence-corrected chi connectivity index (χ2v) is 8.97. The molecule has 0 radical (unpaired) electrons. The molecule has 1 heterocycles. The van der Waals surface area contributed by atoms with E-state index in [0.29, 0.717) is 13.0 Å². The predicted molar refractivity (Wildman–Crippen MR) is 124 cm³/mol. The molecule has 3 atom stereocenters. The van der Waals surface area contributed by atoms with Crippen LogP contribution in [0.1, 0.15) is 50.2 Å². The van der Waals surface area contributed by atoms with Gasteiger partial charge in [0.05, 0.1) is 12.3 Å². The fraction of sp³-hybridized carbons (Fsp3) is 0.423. The number of aliphatic carboxylic acids is 1. The smallest absolute Gasteiger partial charge is 0.407 e. The highest BCUT2D eigenvalue weighted by molar-refractivity contribution is 5.82. The van der Waals surface area contributed by atoms with Crippen LogP contribution in [-0.4, -0.2) is 53.2 Å². The zero-order valence-corrected chi connectivity index (χ0v) is 19.0. The lowest BCUT2D eigenvalue weighted by Crippen LogP contribution is -2.47. The molecule has 2 amide bonds. The first-order chi connectivity index (χ1) is 15.9. The number of nitrogens with zero attached hydrogens (tertiary/aromatic N) is 1. The highest BCUT2D eigenvalue weighted by Crippen LogP contribution is 2.44. The summed E-state index contributed by atoms with van der Waals surface area (Å²) in [6.07, 6.45) is 0.878. The van der Waals surface area contributed by atoms with E-state index in [1.54, 1.807) is 18.7 Å². The van der Waals surface area contributed by atoms with Crippen molar-refractivity contribution in [2.75, 3.05) is 13.2 Å². The van der Waals surface area contributed by atoms with Crippen molar-refractivity contribution >= 4 is 18.0 Å². The average molecular weight is 451 g/mol. The number of alkyl carbamates (subject to hydrolysis) is 1. The average Bonchev–Trinajstić information content (AvgIpc) is 3.38. The van der Waals surface area contributed by atoms with Crippen molar-refractivity contribution < 1.29 is 24.2 Å². The van der Waals surface area contributed by atoms with Gasteiger partial charge in [-0.15, -0.1) is 0 Å². The minimum atomic E-state index is -0.905. The molecule has 174 valence electrons. The predicted octanol–water partition coefficient (Wildman–Crippen LogP) is 4.02. The molecule has 2 aromatic rings. The monoisotopic (exact) mass is 450 g/mol. The summed E-state index contributed by atoms with van der Waals surface area (Å²) in [5, 5.41) is 11.9. The van der Waals surface area contributed by atoms with Crippen molar-refractivity contribution in [1.82, 2.24) is 10.2 Å². The number of amides is 2. The number of carboxylic acid groups (broad SMARTS) is 1. The second kappa shape index (κ2) is 9.65. The summed E-state index contributed by atoms with van der Waals surface area (Å²) in [6, 6.07) is 15.6. The van der Waals surface area contributed by atoms with Crippen LogP contribution in [0, 0.1) is 5.92 Å². The number of carbonyl (C=O) groups excluding carboxylic acids is 2. The summed E-state index contributed by atoms with van der Waals surface area (Å²) >= 11 is 0. The van der Waals surface area contributed by atoms with Gasteiger partial charge in [0.15, 0.2) is 0 Å². The molecule has 7 heteroatoms. The Morgan fingerprint density at radius 3 is 2.27 bits per heavy atom. The second-order valence-electron chi connectivity index (χ2n) is 8.97. The molecule has 33 heavy (non-hydrogen) atoms. The Labute approximate surface area is 193 Å². The van der Waals surface area contributed by atoms with Crippen LogP contribution in [0.4, 0.5) is 4.79 Å². The number of likely N-dealkylation sites (tertiary alicyclic amines) is 1. The molecule has 1 aliphatic heterocycles. The third kappa shape index (κ3) is 4.72. The molecule has 0 spiro atoms. The van der Waals surface area contributed by atoms with Gasteiger partial charge >= 0.3 is 12.1 Å². The van der Waals surface area contributed by atoms with Crippen molar-refractivity contribution in [3.63, 3.8) is 0 Å². The summed E-state index contributed by atoms with van der Waals surface area (Å²) in [7, 11) is 0. The van der Waals surface area contributed by atoms with E-state index in [4.69, 9.17) is 9.84 Å². The molecular formula is C26H30N2O5. The molecular weight excluding hydrogens is 420 g/mol. The number of carbonyl (C=O) groups is 3.